The van der Waals surface area contributed by atoms with Gasteiger partial charge in [0.1, 0.15) is 0 Å². The molecule has 0 aliphatic carbocycles. The average Bonchev–Trinajstić information content (AvgIpc) is 3.34. The van der Waals surface area contributed by atoms with Gasteiger partial charge in [0.15, 0.2) is 0 Å². The van der Waals surface area contributed by atoms with Crippen molar-refractivity contribution in [1.82, 2.24) is 10.2 Å². The summed E-state index contributed by atoms with van der Waals surface area (Å²) in [6.07, 6.45) is 6.69. The molecule has 37 heavy (non-hydrogen) atoms. The number of hydrogen-bond acceptors (Lipinski definition) is 4. The molecule has 0 spiro atoms. The number of carbonyl (C=O) groups excluding carboxylic acids is 2. The third-order valence-electron chi connectivity index (χ3n) is 6.94. The lowest BCUT2D eigenvalue weighted by molar-refractivity contribution is -0.136. The van der Waals surface area contributed by atoms with E-state index in [0.717, 1.165) is 19.3 Å². The maximum Gasteiger partial charge on any atom is 0.264 e. The van der Waals surface area contributed by atoms with Gasteiger partial charge in [-0.05, 0) is 61.9 Å². The fourth-order valence-corrected chi connectivity index (χ4v) is 6.72. The first-order valence-corrected chi connectivity index (χ1v) is 14.6. The van der Waals surface area contributed by atoms with Crippen molar-refractivity contribution in [2.24, 2.45) is 11.8 Å². The summed E-state index contributed by atoms with van der Waals surface area (Å²) in [5.74, 6) is -0.236. The van der Waals surface area contributed by atoms with Gasteiger partial charge in [-0.2, -0.15) is 0 Å². The van der Waals surface area contributed by atoms with E-state index in [1.807, 2.05) is 23.1 Å². The molecule has 9 heteroatoms. The smallest absolute Gasteiger partial charge is 0.264 e. The molecule has 2 heterocycles. The number of anilines is 1. The van der Waals surface area contributed by atoms with Crippen molar-refractivity contribution in [3.63, 3.8) is 0 Å². The van der Waals surface area contributed by atoms with E-state index in [2.05, 4.69) is 19.2 Å². The Morgan fingerprint density at radius 3 is 2.57 bits per heavy atom. The summed E-state index contributed by atoms with van der Waals surface area (Å²) < 4.78 is 28.9. The lowest BCUT2D eigenvalue weighted by Gasteiger charge is -2.30. The van der Waals surface area contributed by atoms with Crippen LogP contribution in [0.15, 0.2) is 65.6 Å². The van der Waals surface area contributed by atoms with Crippen molar-refractivity contribution in [3.05, 3.63) is 71.3 Å². The molecule has 2 bridgehead atoms. The van der Waals surface area contributed by atoms with Crippen LogP contribution in [-0.4, -0.2) is 50.8 Å². The second kappa shape index (κ2) is 11.7. The Morgan fingerprint density at radius 1 is 1.08 bits per heavy atom. The zero-order chi connectivity index (χ0) is 26.6. The summed E-state index contributed by atoms with van der Waals surface area (Å²) in [4.78, 5) is 28.6. The summed E-state index contributed by atoms with van der Waals surface area (Å²) in [5, 5.41) is 3.06. The molecule has 2 amide bonds. The van der Waals surface area contributed by atoms with E-state index in [1.165, 1.54) is 22.5 Å². The number of para-hydroxylation sites is 1. The van der Waals surface area contributed by atoms with Crippen LogP contribution >= 0.6 is 11.6 Å². The molecule has 2 aliphatic heterocycles. The first-order chi connectivity index (χ1) is 17.7. The fraction of sp³-hybridized carbons (Fsp3) is 0.429. The molecule has 198 valence electrons. The predicted molar refractivity (Wildman–Crippen MR) is 146 cm³/mol. The third kappa shape index (κ3) is 6.18. The van der Waals surface area contributed by atoms with Gasteiger partial charge in [-0.15, -0.1) is 0 Å². The maximum atomic E-state index is 13.8. The van der Waals surface area contributed by atoms with E-state index in [1.54, 1.807) is 24.3 Å². The largest absolute Gasteiger partial charge is 0.350 e. The number of nitrogens with zero attached hydrogens (tertiary/aromatic N) is 2. The fourth-order valence-electron chi connectivity index (χ4n) is 5.08. The van der Waals surface area contributed by atoms with E-state index < -0.39 is 15.9 Å². The number of allylic oxidation sites excluding steroid dienone is 1. The molecule has 7 nitrogen and oxygen atoms in total. The van der Waals surface area contributed by atoms with Gasteiger partial charge in [-0.3, -0.25) is 13.9 Å². The van der Waals surface area contributed by atoms with Gasteiger partial charge in [-0.1, -0.05) is 55.8 Å². The highest BCUT2D eigenvalue weighted by molar-refractivity contribution is 7.92. The van der Waals surface area contributed by atoms with E-state index in [4.69, 9.17) is 11.6 Å². The first kappa shape index (κ1) is 27.2. The van der Waals surface area contributed by atoms with Gasteiger partial charge in [0.2, 0.25) is 5.91 Å². The molecule has 0 radical (unpaired) electrons. The van der Waals surface area contributed by atoms with Crippen molar-refractivity contribution in [2.45, 2.75) is 50.5 Å². The van der Waals surface area contributed by atoms with Crippen molar-refractivity contribution in [2.75, 3.05) is 23.9 Å². The molecular weight excluding hydrogens is 510 g/mol. The first-order valence-electron chi connectivity index (χ1n) is 12.8. The van der Waals surface area contributed by atoms with Gasteiger partial charge in [0.25, 0.3) is 15.9 Å². The second-order valence-electron chi connectivity index (χ2n) is 10.1. The number of benzene rings is 2. The van der Waals surface area contributed by atoms with Crippen molar-refractivity contribution in [1.29, 1.82) is 0 Å². The lowest BCUT2D eigenvalue weighted by Crippen LogP contribution is -2.45. The summed E-state index contributed by atoms with van der Waals surface area (Å²) in [6, 6.07) is 12.9. The second-order valence-corrected chi connectivity index (χ2v) is 12.4. The molecule has 1 saturated heterocycles. The van der Waals surface area contributed by atoms with Gasteiger partial charge < -0.3 is 10.2 Å². The third-order valence-corrected chi connectivity index (χ3v) is 9.06. The molecule has 1 unspecified atom stereocenters. The zero-order valence-electron chi connectivity index (χ0n) is 21.3. The van der Waals surface area contributed by atoms with Crippen LogP contribution in [0.5, 0.6) is 0 Å². The summed E-state index contributed by atoms with van der Waals surface area (Å²) in [7, 11) is -4.01. The summed E-state index contributed by atoms with van der Waals surface area (Å²) in [5.41, 5.74) is 0.593. The highest BCUT2D eigenvalue weighted by Gasteiger charge is 2.34. The highest BCUT2D eigenvalue weighted by Crippen LogP contribution is 2.29. The Balaban J connectivity index is 1.76. The van der Waals surface area contributed by atoms with Crippen molar-refractivity contribution < 1.29 is 18.0 Å². The number of nitrogens with one attached hydrogen (secondary N) is 1. The summed E-state index contributed by atoms with van der Waals surface area (Å²) in [6.45, 7) is 5.25. The van der Waals surface area contributed by atoms with Crippen LogP contribution in [0.1, 0.15) is 49.9 Å². The van der Waals surface area contributed by atoms with Gasteiger partial charge >= 0.3 is 0 Å². The van der Waals surface area contributed by atoms with E-state index in [0.29, 0.717) is 24.6 Å². The van der Waals surface area contributed by atoms with Gasteiger partial charge in [0, 0.05) is 25.0 Å². The molecule has 0 aromatic heterocycles. The minimum absolute atomic E-state index is 0.0123. The number of hydrogen-bond donors (Lipinski definition) is 1. The minimum Gasteiger partial charge on any atom is -0.350 e. The molecule has 2 atom stereocenters. The van der Waals surface area contributed by atoms with Gasteiger partial charge in [-0.25, -0.2) is 8.42 Å². The Hall–Kier alpha value is -2.84. The number of halogens is 1. The lowest BCUT2D eigenvalue weighted by atomic mass is 9.92. The van der Waals surface area contributed by atoms with Crippen LogP contribution in [0, 0.1) is 11.8 Å². The molecule has 2 aromatic rings. The Morgan fingerprint density at radius 2 is 1.84 bits per heavy atom. The van der Waals surface area contributed by atoms with Gasteiger partial charge in [0.05, 0.1) is 27.7 Å². The maximum absolute atomic E-state index is 13.8. The molecular formula is C28H34ClN3O4S. The molecule has 0 saturated carbocycles. The normalized spacial score (nSPS) is 23.6. The minimum atomic E-state index is -4.01. The van der Waals surface area contributed by atoms with Crippen LogP contribution in [0.25, 0.3) is 0 Å². The molecule has 2 aliphatic rings. The number of amides is 2. The Bertz CT molecular complexity index is 1260. The quantitative estimate of drug-likeness (QED) is 0.559. The molecule has 1 fully saturated rings. The van der Waals surface area contributed by atoms with Crippen molar-refractivity contribution >= 4 is 39.1 Å². The van der Waals surface area contributed by atoms with Crippen molar-refractivity contribution in [3.8, 4) is 0 Å². The summed E-state index contributed by atoms with van der Waals surface area (Å²) >= 11 is 6.33. The zero-order valence-corrected chi connectivity index (χ0v) is 22.8. The predicted octanol–water partition coefficient (Wildman–Crippen LogP) is 4.88. The molecule has 2 aromatic carbocycles. The topological polar surface area (TPSA) is 86.8 Å². The highest BCUT2D eigenvalue weighted by atomic mass is 35.5. The van der Waals surface area contributed by atoms with E-state index >= 15 is 0 Å². The number of carbonyl (C=O) groups is 2. The van der Waals surface area contributed by atoms with E-state index in [-0.39, 0.29) is 46.4 Å². The average molecular weight is 544 g/mol. The van der Waals surface area contributed by atoms with Crippen LogP contribution in [0.4, 0.5) is 5.69 Å². The molecule has 1 N–H and O–H groups in total. The Kier molecular flexibility index (Phi) is 8.60. The standard InChI is InChI=1S/C28H34ClN3O4S/c1-20(2)17-21-9-6-7-16-32(22-10-4-3-5-11-22)37(35,36)24-13-14-26(29)25(18-24)27(33)30-19-23-12-8-15-31(23)28(21)34/h3-7,10-11,13-14,18,20-21,23H,8-9,12,15-17,19H2,1-2H3,(H,30,33)/b7-6+/t21?,23-/m1/s1. The number of sulfonamides is 1. The van der Waals surface area contributed by atoms with Crippen LogP contribution in [0.2, 0.25) is 5.02 Å². The number of rotatable bonds is 3. The number of fused-ring (bicyclic) bond motifs is 3. The monoisotopic (exact) mass is 543 g/mol. The molecule has 4 rings (SSSR count). The SMILES string of the molecule is CC(C)CC1C/C=C/CN(c2ccccc2)S(=O)(=O)c2ccc(Cl)c(c2)C(=O)NC[C@H]2CCCN2C1=O. The Labute approximate surface area is 224 Å². The van der Waals surface area contributed by atoms with Crippen LogP contribution in [-0.2, 0) is 14.8 Å². The van der Waals surface area contributed by atoms with E-state index in [9.17, 15) is 18.0 Å². The van der Waals surface area contributed by atoms with Crippen LogP contribution in [0.3, 0.4) is 0 Å². The van der Waals surface area contributed by atoms with Crippen LogP contribution < -0.4 is 9.62 Å².